The molecule has 0 spiro atoms. The Hall–Kier alpha value is -10.8. The molecule has 0 unspecified atom stereocenters. The number of nitrogens with zero attached hydrogens (tertiary/aromatic N) is 17. The van der Waals surface area contributed by atoms with Crippen LogP contribution in [0, 0.1) is 27.7 Å². The Morgan fingerprint density at radius 2 is 0.712 bits per heavy atom. The summed E-state index contributed by atoms with van der Waals surface area (Å²) in [6.45, 7) is 19.1. The van der Waals surface area contributed by atoms with Crippen LogP contribution in [-0.2, 0) is 51.7 Å². The van der Waals surface area contributed by atoms with Gasteiger partial charge in [-0.1, -0.05) is 119 Å². The molecule has 4 aliphatic heterocycles. The summed E-state index contributed by atoms with van der Waals surface area (Å²) >= 11 is 0. The Kier molecular flexibility index (Phi) is 30.5. The van der Waals surface area contributed by atoms with Gasteiger partial charge in [0.25, 0.3) is 22.2 Å². The Labute approximate surface area is 769 Å². The zero-order chi connectivity index (χ0) is 92.2. The quantitative estimate of drug-likeness (QED) is 0.0254. The smallest absolute Gasteiger partial charge is 0.350 e. The predicted octanol–water partition coefficient (Wildman–Crippen LogP) is 8.52. The Morgan fingerprint density at radius 3 is 1.05 bits per heavy atom. The monoisotopic (exact) mass is 1840 g/mol. The summed E-state index contributed by atoms with van der Waals surface area (Å²) in [5.74, 6) is 4.27. The van der Waals surface area contributed by atoms with Gasteiger partial charge in [-0.15, -0.1) is 23.4 Å². The molecule has 702 valence electrons. The molecule has 6 aromatic heterocycles. The molecule has 5 N–H and O–H groups in total. The van der Waals surface area contributed by atoms with E-state index in [2.05, 4.69) is 197 Å². The lowest BCUT2D eigenvalue weighted by Crippen LogP contribution is -2.47. The highest BCUT2D eigenvalue weighted by Gasteiger charge is 2.42. The number of benzene rings is 4. The minimum absolute atomic E-state index is 0.0461. The summed E-state index contributed by atoms with van der Waals surface area (Å²) in [6, 6.07) is 44.5. The molecular weight excluding hydrogens is 1720 g/mol. The molecule has 4 aromatic carbocycles. The van der Waals surface area contributed by atoms with Crippen LogP contribution in [-0.4, -0.2) is 239 Å². The van der Waals surface area contributed by atoms with Gasteiger partial charge in [-0.3, -0.25) is 28.3 Å². The minimum Gasteiger partial charge on any atom is -0.350 e. The summed E-state index contributed by atoms with van der Waals surface area (Å²) in [5.41, 5.74) is 11.9. The van der Waals surface area contributed by atoms with E-state index in [0.29, 0.717) is 103 Å². The van der Waals surface area contributed by atoms with Gasteiger partial charge in [0.15, 0.2) is 54.6 Å². The molecule has 8 atom stereocenters. The van der Waals surface area contributed by atoms with Gasteiger partial charge in [0.1, 0.15) is 0 Å². The van der Waals surface area contributed by atoms with Gasteiger partial charge in [0, 0.05) is 170 Å². The largest absolute Gasteiger partial charge is 0.491 e. The molecule has 5 aliphatic carbocycles. The number of halogens is 3. The number of piperazine rings is 2. The summed E-state index contributed by atoms with van der Waals surface area (Å²) < 4.78 is 92.0. The Bertz CT molecular complexity index is 6040. The standard InChI is InChI=1S/C26H33N7O.C25H31N7O.C24H32N4O3S.C22H27F3N4O3S/c1-19-7-9-20(10-8-19)22-17-23(22)27-11-3-5-21-18-33(24-6-4-12-28-30-24)26(34)25(29-21)32-15-13-31(2)14-16-32;1-18-6-8-19(9-7-18)21-16-22(21)27-10-2-4-20-17-32(23-5-3-11-28-30-23)25(33)24(29-20)31-14-12-26-13-15-31;1-17-4-6-18(7-5-17)21-15-22(21)25-10-2-3-19-16-28(20-8-9-20)24(29)23(26-19)27-11-13-32(30,31)14-12-27;1-15-4-6-16(7-5-15)18-13-19(18)26-8-2-3-17-14-29(22(23,24)25)21(30)20(27-17)28-9-11-33(31,32)12-10-28/h4,6-10,12,18,22-23,27H,3,5,11,13-17H2,1-2H3;3,5-9,11,17,21-22,26-27H,2,4,10,12-16H2,1H3;4-7,16,20-22,25H,2-3,8-15H2,1H3;4-7,14,18-19,26H,2-3,8-13H2,1H3/t22-,23+;2*21-,22+;18-,19+/m0000/s1. The van der Waals surface area contributed by atoms with Crippen molar-refractivity contribution in [1.82, 2.24) is 90.1 Å². The zero-order valence-corrected chi connectivity index (χ0v) is 77.7. The van der Waals surface area contributed by atoms with Crippen molar-refractivity contribution < 1.29 is 30.0 Å². The molecule has 35 heteroatoms. The molecule has 0 amide bonds. The van der Waals surface area contributed by atoms with Crippen LogP contribution in [0.15, 0.2) is 178 Å². The minimum atomic E-state index is -4.88. The fraction of sp³-hybridized carbons (Fsp3) is 0.505. The molecule has 4 saturated heterocycles. The average molecular weight is 1850 g/mol. The number of rotatable bonds is 31. The second-order valence-electron chi connectivity index (χ2n) is 36.8. The summed E-state index contributed by atoms with van der Waals surface area (Å²) in [6.07, 6.45) is 17.5. The number of nitrogens with one attached hydrogen (secondary N) is 5. The van der Waals surface area contributed by atoms with Crippen molar-refractivity contribution >= 4 is 42.9 Å². The highest BCUT2D eigenvalue weighted by atomic mass is 32.2. The van der Waals surface area contributed by atoms with E-state index in [1.807, 2.05) is 41.0 Å². The number of hydrogen-bond acceptors (Lipinski definition) is 26. The van der Waals surface area contributed by atoms with Gasteiger partial charge in [-0.25, -0.2) is 41.3 Å². The third kappa shape index (κ3) is 25.4. The third-order valence-electron chi connectivity index (χ3n) is 26.4. The second-order valence-corrected chi connectivity index (χ2v) is 41.4. The van der Waals surface area contributed by atoms with Crippen LogP contribution in [0.3, 0.4) is 0 Å². The second kappa shape index (κ2) is 42.6. The van der Waals surface area contributed by atoms with Crippen LogP contribution >= 0.6 is 0 Å². The van der Waals surface area contributed by atoms with Crippen molar-refractivity contribution in [3.05, 3.63) is 267 Å². The molecule has 0 radical (unpaired) electrons. The summed E-state index contributed by atoms with van der Waals surface area (Å²) in [5, 5.41) is 34.0. The summed E-state index contributed by atoms with van der Waals surface area (Å²) in [4.78, 5) is 80.0. The third-order valence-corrected chi connectivity index (χ3v) is 29.6. The maximum absolute atomic E-state index is 13.4. The molecule has 9 fully saturated rings. The fourth-order valence-corrected chi connectivity index (χ4v) is 20.2. The first kappa shape index (κ1) is 94.4. The molecule has 9 aliphatic rings. The predicted molar refractivity (Wildman–Crippen MR) is 509 cm³/mol. The molecule has 5 saturated carbocycles. The fourth-order valence-electron chi connectivity index (χ4n) is 17.8. The van der Waals surface area contributed by atoms with E-state index in [-0.39, 0.29) is 81.3 Å². The first-order chi connectivity index (χ1) is 63.7. The van der Waals surface area contributed by atoms with Gasteiger partial charge in [0.2, 0.25) is 0 Å². The average Bonchev–Trinajstić information content (AvgIpc) is 1.77. The van der Waals surface area contributed by atoms with E-state index < -0.39 is 31.5 Å². The number of alkyl halides is 3. The first-order valence-electron chi connectivity index (χ1n) is 46.8. The molecule has 132 heavy (non-hydrogen) atoms. The van der Waals surface area contributed by atoms with E-state index in [0.717, 1.165) is 153 Å². The van der Waals surface area contributed by atoms with Gasteiger partial charge in [0.05, 0.1) is 45.8 Å². The van der Waals surface area contributed by atoms with Crippen LogP contribution in [0.5, 0.6) is 0 Å². The highest BCUT2D eigenvalue weighted by molar-refractivity contribution is 7.91. The normalized spacial score (nSPS) is 21.8. The van der Waals surface area contributed by atoms with E-state index >= 15 is 0 Å². The lowest BCUT2D eigenvalue weighted by molar-refractivity contribution is -0.206. The van der Waals surface area contributed by atoms with Crippen molar-refractivity contribution in [3.63, 3.8) is 0 Å². The molecule has 10 heterocycles. The lowest BCUT2D eigenvalue weighted by atomic mass is 10.1. The van der Waals surface area contributed by atoms with Crippen molar-refractivity contribution in [3.8, 4) is 11.6 Å². The number of anilines is 4. The molecule has 19 rings (SSSR count). The molecule has 0 bridgehead atoms. The Morgan fingerprint density at radius 1 is 0.394 bits per heavy atom. The van der Waals surface area contributed by atoms with Gasteiger partial charge in [-0.2, -0.15) is 10.2 Å². The topological polar surface area (TPSA) is 336 Å². The maximum atomic E-state index is 13.4. The van der Waals surface area contributed by atoms with Gasteiger partial charge >= 0.3 is 6.30 Å². The molecular formula is C97H123F3N22O8S2. The molecule has 10 aromatic rings. The van der Waals surface area contributed by atoms with Crippen molar-refractivity contribution in [1.29, 1.82) is 0 Å². The van der Waals surface area contributed by atoms with Crippen molar-refractivity contribution in [2.45, 2.75) is 178 Å². The van der Waals surface area contributed by atoms with Gasteiger partial charge in [-0.05, 0) is 197 Å². The van der Waals surface area contributed by atoms with Crippen LogP contribution in [0.4, 0.5) is 36.4 Å². The summed E-state index contributed by atoms with van der Waals surface area (Å²) in [7, 11) is -4.13. The van der Waals surface area contributed by atoms with Gasteiger partial charge < -0.3 is 55.7 Å². The SMILES string of the molecule is Cc1ccc([C@@H]2C[C@H]2NCCCc2cn(-c3cccnn3)c(=O)c(N3CCN(C)CC3)n2)cc1.Cc1ccc([C@@H]2C[C@H]2NCCCc2cn(-c3cccnn3)c(=O)c(N3CCNCC3)n2)cc1.Cc1ccc([C@@H]2C[C@H]2NCCCc2cn(C(F)(F)F)c(=O)c(N3CCS(=O)(=O)CC3)n2)cc1.Cc1ccc([C@@H]2C[C@H]2NCCCc2cn(C3CC3)c(=O)c(N3CCS(=O)(=O)CC3)n2)cc1. The van der Waals surface area contributed by atoms with Crippen LogP contribution in [0.1, 0.15) is 161 Å². The number of likely N-dealkylation sites (N-methyl/N-ethyl adjacent to an activating group) is 1. The lowest BCUT2D eigenvalue weighted by Gasteiger charge is -2.33. The van der Waals surface area contributed by atoms with Crippen molar-refractivity contribution in [2.24, 2.45) is 0 Å². The molecule has 30 nitrogen and oxygen atoms in total. The van der Waals surface area contributed by atoms with E-state index in [1.54, 1.807) is 39.7 Å². The van der Waals surface area contributed by atoms with E-state index in [4.69, 9.17) is 9.97 Å². The number of aromatic nitrogens is 12. The number of sulfone groups is 2. The highest BCUT2D eigenvalue weighted by Crippen LogP contribution is 2.44. The maximum Gasteiger partial charge on any atom is 0.491 e. The first-order valence-corrected chi connectivity index (χ1v) is 50.5. The van der Waals surface area contributed by atoms with Crippen molar-refractivity contribution in [2.75, 3.05) is 154 Å². The van der Waals surface area contributed by atoms with E-state index in [1.165, 1.54) is 68.7 Å². The number of aryl methyl sites for hydroxylation is 8. The van der Waals surface area contributed by atoms with E-state index in [9.17, 15) is 49.2 Å². The van der Waals surface area contributed by atoms with Crippen LogP contribution in [0.25, 0.3) is 11.6 Å². The zero-order valence-electron chi connectivity index (χ0n) is 76.1. The van der Waals surface area contributed by atoms with Crippen LogP contribution in [0.2, 0.25) is 0 Å². The van der Waals surface area contributed by atoms with Crippen LogP contribution < -0.4 is 68.4 Å². The number of hydrogen-bond donors (Lipinski definition) is 5. The Balaban J connectivity index is 0.000000128.